The van der Waals surface area contributed by atoms with Crippen molar-refractivity contribution in [3.05, 3.63) is 18.0 Å². The lowest BCUT2D eigenvalue weighted by Gasteiger charge is -2.25. The third-order valence-electron chi connectivity index (χ3n) is 4.14. The Morgan fingerprint density at radius 1 is 1.45 bits per heavy atom. The summed E-state index contributed by atoms with van der Waals surface area (Å²) in [5, 5.41) is 0. The highest BCUT2D eigenvalue weighted by molar-refractivity contribution is 7.89. The Labute approximate surface area is 121 Å². The highest BCUT2D eigenvalue weighted by Crippen LogP contribution is 2.21. The first-order valence-corrected chi connectivity index (χ1v) is 8.32. The van der Waals surface area contributed by atoms with E-state index in [-0.39, 0.29) is 0 Å². The fourth-order valence-corrected chi connectivity index (χ4v) is 4.01. The lowest BCUT2D eigenvalue weighted by atomic mass is 10.2. The van der Waals surface area contributed by atoms with Crippen molar-refractivity contribution in [3.63, 3.8) is 0 Å². The van der Waals surface area contributed by atoms with Crippen molar-refractivity contribution < 1.29 is 8.42 Å². The highest BCUT2D eigenvalue weighted by Gasteiger charge is 2.28. The average molecular weight is 300 g/mol. The van der Waals surface area contributed by atoms with Crippen LogP contribution in [0.5, 0.6) is 0 Å². The number of nitrogens with two attached hydrogens (primary N) is 1. The van der Waals surface area contributed by atoms with Gasteiger partial charge in [0.1, 0.15) is 4.90 Å². The minimum Gasteiger partial charge on any atom is -0.352 e. The van der Waals surface area contributed by atoms with Gasteiger partial charge in [0.25, 0.3) is 0 Å². The predicted molar refractivity (Wildman–Crippen MR) is 78.8 cm³/mol. The molecule has 2 rings (SSSR count). The van der Waals surface area contributed by atoms with E-state index in [0.717, 1.165) is 25.1 Å². The van der Waals surface area contributed by atoms with Gasteiger partial charge in [0.2, 0.25) is 10.0 Å². The van der Waals surface area contributed by atoms with E-state index in [9.17, 15) is 8.42 Å². The second kappa shape index (κ2) is 5.85. The number of hydrogen-bond donors (Lipinski definition) is 1. The van der Waals surface area contributed by atoms with Crippen molar-refractivity contribution >= 4 is 10.0 Å². The summed E-state index contributed by atoms with van der Waals surface area (Å²) in [5.41, 5.74) is 6.41. The summed E-state index contributed by atoms with van der Waals surface area (Å²) in [6.45, 7) is 1.91. The fourth-order valence-electron chi connectivity index (χ4n) is 2.71. The maximum Gasteiger partial charge on any atom is 0.244 e. The molecular formula is C13H24N4O2S. The summed E-state index contributed by atoms with van der Waals surface area (Å²) in [6.07, 6.45) is 3.82. The van der Waals surface area contributed by atoms with Crippen LogP contribution >= 0.6 is 0 Å². The zero-order chi connectivity index (χ0) is 14.9. The summed E-state index contributed by atoms with van der Waals surface area (Å²) in [7, 11) is 2.08. The number of rotatable bonds is 5. The molecule has 1 saturated heterocycles. The quantitative estimate of drug-likeness (QED) is 0.843. The molecule has 0 radical (unpaired) electrons. The molecule has 1 unspecified atom stereocenters. The van der Waals surface area contributed by atoms with Crippen LogP contribution in [0, 0.1) is 0 Å². The molecule has 114 valence electrons. The molecule has 0 bridgehead atoms. The van der Waals surface area contributed by atoms with Crippen LogP contribution in [0.4, 0.5) is 0 Å². The van der Waals surface area contributed by atoms with Gasteiger partial charge in [-0.15, -0.1) is 0 Å². The van der Waals surface area contributed by atoms with Crippen molar-refractivity contribution in [1.29, 1.82) is 0 Å². The maximum atomic E-state index is 12.6. The Hall–Kier alpha value is -0.890. The van der Waals surface area contributed by atoms with Crippen LogP contribution in [-0.2, 0) is 23.6 Å². The normalized spacial score (nSPS) is 20.9. The minimum atomic E-state index is -3.43. The Balaban J connectivity index is 2.16. The minimum absolute atomic E-state index is 0.312. The second-order valence-corrected chi connectivity index (χ2v) is 7.59. The molecule has 0 aliphatic carbocycles. The number of likely N-dealkylation sites (tertiary alicyclic amines) is 1. The predicted octanol–water partition coefficient (Wildman–Crippen LogP) is 0.199. The topological polar surface area (TPSA) is 71.6 Å². The number of hydrogen-bond acceptors (Lipinski definition) is 4. The zero-order valence-electron chi connectivity index (χ0n) is 12.4. The summed E-state index contributed by atoms with van der Waals surface area (Å²) >= 11 is 0. The van der Waals surface area contributed by atoms with Crippen LogP contribution < -0.4 is 5.73 Å². The Morgan fingerprint density at radius 2 is 2.15 bits per heavy atom. The number of aryl methyl sites for hydroxylation is 1. The van der Waals surface area contributed by atoms with E-state index in [1.165, 1.54) is 4.31 Å². The van der Waals surface area contributed by atoms with Crippen LogP contribution in [0.2, 0.25) is 0 Å². The molecule has 1 aliphatic rings. The first kappa shape index (κ1) is 15.5. The van der Waals surface area contributed by atoms with Crippen LogP contribution in [0.1, 0.15) is 18.5 Å². The van der Waals surface area contributed by atoms with E-state index in [2.05, 4.69) is 4.90 Å². The van der Waals surface area contributed by atoms with Crippen LogP contribution in [0.15, 0.2) is 17.2 Å². The van der Waals surface area contributed by atoms with Gasteiger partial charge in [-0.25, -0.2) is 8.42 Å². The molecule has 0 spiro atoms. The standard InChI is InChI=1S/C13H24N4O2S/c1-15-6-4-5-11(15)9-17(3)20(18,19)13-7-12(8-14)16(2)10-13/h7,10-11H,4-6,8-9,14H2,1-3H3. The molecule has 0 aromatic carbocycles. The summed E-state index contributed by atoms with van der Waals surface area (Å²) in [4.78, 5) is 2.55. The van der Waals surface area contributed by atoms with Crippen molar-refractivity contribution in [2.45, 2.75) is 30.3 Å². The van der Waals surface area contributed by atoms with Crippen molar-refractivity contribution in [2.24, 2.45) is 12.8 Å². The number of likely N-dealkylation sites (N-methyl/N-ethyl adjacent to an activating group) is 2. The van der Waals surface area contributed by atoms with Gasteiger partial charge in [0.15, 0.2) is 0 Å². The van der Waals surface area contributed by atoms with Crippen LogP contribution in [0.3, 0.4) is 0 Å². The van der Waals surface area contributed by atoms with E-state index in [1.807, 2.05) is 14.1 Å². The molecule has 20 heavy (non-hydrogen) atoms. The van der Waals surface area contributed by atoms with E-state index in [1.54, 1.807) is 23.9 Å². The van der Waals surface area contributed by atoms with E-state index in [0.29, 0.717) is 24.0 Å². The molecule has 0 saturated carbocycles. The van der Waals surface area contributed by atoms with Crippen molar-refractivity contribution in [3.8, 4) is 0 Å². The molecule has 2 N–H and O–H groups in total. The van der Waals surface area contributed by atoms with E-state index < -0.39 is 10.0 Å². The number of nitrogens with zero attached hydrogens (tertiary/aromatic N) is 3. The summed E-state index contributed by atoms with van der Waals surface area (Å²) < 4.78 is 28.3. The molecule has 0 amide bonds. The summed E-state index contributed by atoms with van der Waals surface area (Å²) in [5.74, 6) is 0. The highest BCUT2D eigenvalue weighted by atomic mass is 32.2. The zero-order valence-corrected chi connectivity index (χ0v) is 13.2. The third kappa shape index (κ3) is 2.90. The second-order valence-electron chi connectivity index (χ2n) is 5.54. The van der Waals surface area contributed by atoms with E-state index >= 15 is 0 Å². The molecule has 2 heterocycles. The first-order valence-electron chi connectivity index (χ1n) is 6.88. The van der Waals surface area contributed by atoms with Gasteiger partial charge in [-0.3, -0.25) is 0 Å². The molecule has 1 aromatic rings. The van der Waals surface area contributed by atoms with Crippen molar-refractivity contribution in [2.75, 3.05) is 27.2 Å². The molecule has 1 aliphatic heterocycles. The molecule has 1 aromatic heterocycles. The lowest BCUT2D eigenvalue weighted by molar-refractivity contribution is 0.271. The van der Waals surface area contributed by atoms with Gasteiger partial charge >= 0.3 is 0 Å². The van der Waals surface area contributed by atoms with Gasteiger partial charge < -0.3 is 15.2 Å². The third-order valence-corrected chi connectivity index (χ3v) is 5.93. The molecule has 1 fully saturated rings. The lowest BCUT2D eigenvalue weighted by Crippen LogP contribution is -2.39. The Morgan fingerprint density at radius 3 is 2.65 bits per heavy atom. The number of sulfonamides is 1. The molecule has 1 atom stereocenters. The van der Waals surface area contributed by atoms with Gasteiger partial charge in [-0.05, 0) is 32.5 Å². The molecule has 6 nitrogen and oxygen atoms in total. The molecular weight excluding hydrogens is 276 g/mol. The average Bonchev–Trinajstić information content (AvgIpc) is 2.96. The van der Waals surface area contributed by atoms with Crippen LogP contribution in [0.25, 0.3) is 0 Å². The molecule has 7 heteroatoms. The maximum absolute atomic E-state index is 12.6. The number of aromatic nitrogens is 1. The van der Waals surface area contributed by atoms with Crippen LogP contribution in [-0.4, -0.2) is 55.4 Å². The smallest absolute Gasteiger partial charge is 0.244 e. The Bertz CT molecular complexity index is 567. The first-order chi connectivity index (χ1) is 9.36. The SMILES string of the molecule is CN1CCCC1CN(C)S(=O)(=O)c1cc(CN)n(C)c1. The Kier molecular flexibility index (Phi) is 4.53. The van der Waals surface area contributed by atoms with Gasteiger partial charge in [0.05, 0.1) is 0 Å². The largest absolute Gasteiger partial charge is 0.352 e. The van der Waals surface area contributed by atoms with E-state index in [4.69, 9.17) is 5.73 Å². The summed E-state index contributed by atoms with van der Waals surface area (Å²) in [6, 6.07) is 1.97. The van der Waals surface area contributed by atoms with Gasteiger partial charge in [-0.1, -0.05) is 0 Å². The van der Waals surface area contributed by atoms with Crippen molar-refractivity contribution in [1.82, 2.24) is 13.8 Å². The van der Waals surface area contributed by atoms with Gasteiger partial charge in [0, 0.05) is 45.1 Å². The fraction of sp³-hybridized carbons (Fsp3) is 0.692. The monoisotopic (exact) mass is 300 g/mol. The van der Waals surface area contributed by atoms with Gasteiger partial charge in [-0.2, -0.15) is 4.31 Å².